The summed E-state index contributed by atoms with van der Waals surface area (Å²) in [6, 6.07) is 3.04. The molecule has 0 unspecified atom stereocenters. The van der Waals surface area contributed by atoms with Crippen molar-refractivity contribution in [1.82, 2.24) is 9.29 Å². The van der Waals surface area contributed by atoms with Gasteiger partial charge in [-0.3, -0.25) is 0 Å². The van der Waals surface area contributed by atoms with Crippen molar-refractivity contribution in [2.24, 2.45) is 0 Å². The van der Waals surface area contributed by atoms with Gasteiger partial charge in [-0.05, 0) is 6.07 Å². The molecule has 7 heteroatoms. The zero-order valence-corrected chi connectivity index (χ0v) is 10.4. The van der Waals surface area contributed by atoms with E-state index in [1.807, 2.05) is 0 Å². The third-order valence-corrected chi connectivity index (χ3v) is 4.49. The molecule has 2 heterocycles. The maximum absolute atomic E-state index is 12.3. The van der Waals surface area contributed by atoms with Crippen molar-refractivity contribution >= 4 is 15.8 Å². The predicted octanol–water partition coefficient (Wildman–Crippen LogP) is 0.144. The third kappa shape index (κ3) is 2.56. The van der Waals surface area contributed by atoms with Crippen LogP contribution in [0.2, 0.25) is 0 Å². The van der Waals surface area contributed by atoms with Crippen LogP contribution in [0.3, 0.4) is 0 Å². The van der Waals surface area contributed by atoms with Crippen molar-refractivity contribution in [3.05, 3.63) is 18.3 Å². The predicted molar refractivity (Wildman–Crippen MR) is 63.4 cm³/mol. The summed E-state index contributed by atoms with van der Waals surface area (Å²) in [5.74, 6) is 0.541. The van der Waals surface area contributed by atoms with E-state index >= 15 is 0 Å². The molecule has 1 saturated heterocycles. The first-order valence-corrected chi connectivity index (χ1v) is 6.80. The number of nitrogens with one attached hydrogen (secondary N) is 1. The molecule has 0 atom stereocenters. The first kappa shape index (κ1) is 12.3. The average molecular weight is 257 g/mol. The highest BCUT2D eigenvalue weighted by molar-refractivity contribution is 7.89. The quantitative estimate of drug-likeness (QED) is 0.834. The van der Waals surface area contributed by atoms with Crippen molar-refractivity contribution in [2.75, 3.05) is 38.7 Å². The Balaban J connectivity index is 2.29. The molecule has 2 rings (SSSR count). The maximum atomic E-state index is 12.3. The molecule has 6 nitrogen and oxygen atoms in total. The van der Waals surface area contributed by atoms with E-state index in [2.05, 4.69) is 10.3 Å². The number of sulfonamides is 1. The van der Waals surface area contributed by atoms with E-state index in [1.165, 1.54) is 22.6 Å². The van der Waals surface area contributed by atoms with Gasteiger partial charge in [0.2, 0.25) is 10.0 Å². The van der Waals surface area contributed by atoms with Gasteiger partial charge in [0.25, 0.3) is 0 Å². The Morgan fingerprint density at radius 3 is 2.76 bits per heavy atom. The molecule has 1 fully saturated rings. The van der Waals surface area contributed by atoms with E-state index in [9.17, 15) is 8.42 Å². The topological polar surface area (TPSA) is 71.5 Å². The molecule has 0 bridgehead atoms. The van der Waals surface area contributed by atoms with Crippen LogP contribution in [0.15, 0.2) is 23.2 Å². The summed E-state index contributed by atoms with van der Waals surface area (Å²) in [4.78, 5) is 4.26. The Morgan fingerprint density at radius 1 is 1.41 bits per heavy atom. The summed E-state index contributed by atoms with van der Waals surface area (Å²) in [7, 11) is -1.72. The van der Waals surface area contributed by atoms with E-state index < -0.39 is 10.0 Å². The zero-order valence-electron chi connectivity index (χ0n) is 9.59. The van der Waals surface area contributed by atoms with E-state index in [0.29, 0.717) is 32.1 Å². The summed E-state index contributed by atoms with van der Waals surface area (Å²) >= 11 is 0. The molecule has 0 saturated carbocycles. The lowest BCUT2D eigenvalue weighted by Crippen LogP contribution is -2.40. The maximum Gasteiger partial charge on any atom is 0.243 e. The lowest BCUT2D eigenvalue weighted by molar-refractivity contribution is 0.0730. The lowest BCUT2D eigenvalue weighted by atomic mass is 10.5. The van der Waals surface area contributed by atoms with Crippen molar-refractivity contribution < 1.29 is 13.2 Å². The number of nitrogens with zero attached hydrogens (tertiary/aromatic N) is 2. The molecule has 1 aliphatic rings. The van der Waals surface area contributed by atoms with Gasteiger partial charge in [0, 0.05) is 32.4 Å². The fourth-order valence-corrected chi connectivity index (χ4v) is 3.07. The number of anilines is 1. The molecule has 17 heavy (non-hydrogen) atoms. The molecule has 1 aromatic heterocycles. The standard InChI is InChI=1S/C10H15N3O3S/c1-11-10-8-9(2-3-12-10)17(14,15)13-4-6-16-7-5-13/h2-3,8H,4-7H2,1H3,(H,11,12). The summed E-state index contributed by atoms with van der Waals surface area (Å²) in [6.45, 7) is 1.70. The van der Waals surface area contributed by atoms with E-state index in [0.717, 1.165) is 0 Å². The molecule has 1 aromatic rings. The number of aromatic nitrogens is 1. The minimum atomic E-state index is -3.42. The van der Waals surface area contributed by atoms with Crippen LogP contribution in [0.25, 0.3) is 0 Å². The van der Waals surface area contributed by atoms with Crippen LogP contribution in [0, 0.1) is 0 Å². The minimum absolute atomic E-state index is 0.263. The second-order valence-corrected chi connectivity index (χ2v) is 5.58. The molecule has 1 aliphatic heterocycles. The molecular formula is C10H15N3O3S. The Kier molecular flexibility index (Phi) is 3.60. The van der Waals surface area contributed by atoms with E-state index in [-0.39, 0.29) is 4.90 Å². The molecular weight excluding hydrogens is 242 g/mol. The van der Waals surface area contributed by atoms with Crippen molar-refractivity contribution in [2.45, 2.75) is 4.90 Å². The molecule has 0 amide bonds. The van der Waals surface area contributed by atoms with Crippen molar-refractivity contribution in [3.63, 3.8) is 0 Å². The smallest absolute Gasteiger partial charge is 0.243 e. The number of rotatable bonds is 3. The highest BCUT2D eigenvalue weighted by Gasteiger charge is 2.26. The second-order valence-electron chi connectivity index (χ2n) is 3.64. The normalized spacial score (nSPS) is 17.9. The lowest BCUT2D eigenvalue weighted by Gasteiger charge is -2.26. The minimum Gasteiger partial charge on any atom is -0.379 e. The summed E-state index contributed by atoms with van der Waals surface area (Å²) in [5.41, 5.74) is 0. The largest absolute Gasteiger partial charge is 0.379 e. The van der Waals surface area contributed by atoms with Gasteiger partial charge in [-0.15, -0.1) is 0 Å². The summed E-state index contributed by atoms with van der Waals surface area (Å²) < 4.78 is 31.1. The number of morpholine rings is 1. The average Bonchev–Trinajstić information content (AvgIpc) is 2.40. The number of hydrogen-bond acceptors (Lipinski definition) is 5. The van der Waals surface area contributed by atoms with Gasteiger partial charge in [0.05, 0.1) is 18.1 Å². The second kappa shape index (κ2) is 4.99. The Hall–Kier alpha value is -1.18. The van der Waals surface area contributed by atoms with Gasteiger partial charge in [-0.25, -0.2) is 13.4 Å². The highest BCUT2D eigenvalue weighted by Crippen LogP contribution is 2.18. The first-order valence-electron chi connectivity index (χ1n) is 5.36. The number of hydrogen-bond donors (Lipinski definition) is 1. The van der Waals surface area contributed by atoms with Crippen LogP contribution in [-0.2, 0) is 14.8 Å². The van der Waals surface area contributed by atoms with E-state index in [1.54, 1.807) is 7.05 Å². The van der Waals surface area contributed by atoms with Crippen molar-refractivity contribution in [3.8, 4) is 0 Å². The van der Waals surface area contributed by atoms with Crippen LogP contribution < -0.4 is 5.32 Å². The fraction of sp³-hybridized carbons (Fsp3) is 0.500. The SMILES string of the molecule is CNc1cc(S(=O)(=O)N2CCOCC2)ccn1. The van der Waals surface area contributed by atoms with Gasteiger partial charge in [-0.1, -0.05) is 0 Å². The molecule has 0 aromatic carbocycles. The van der Waals surface area contributed by atoms with Crippen LogP contribution in [0.1, 0.15) is 0 Å². The number of ether oxygens (including phenoxy) is 1. The van der Waals surface area contributed by atoms with Crippen LogP contribution in [0.4, 0.5) is 5.82 Å². The third-order valence-electron chi connectivity index (χ3n) is 2.60. The van der Waals surface area contributed by atoms with Crippen LogP contribution >= 0.6 is 0 Å². The van der Waals surface area contributed by atoms with Gasteiger partial charge in [0.15, 0.2) is 0 Å². The first-order chi connectivity index (χ1) is 8.14. The van der Waals surface area contributed by atoms with E-state index in [4.69, 9.17) is 4.74 Å². The monoisotopic (exact) mass is 257 g/mol. The van der Waals surface area contributed by atoms with Gasteiger partial charge < -0.3 is 10.1 Å². The van der Waals surface area contributed by atoms with Crippen LogP contribution in [-0.4, -0.2) is 51.1 Å². The summed E-state index contributed by atoms with van der Waals surface area (Å²) in [5, 5.41) is 2.82. The fourth-order valence-electron chi connectivity index (χ4n) is 1.64. The highest BCUT2D eigenvalue weighted by atomic mass is 32.2. The van der Waals surface area contributed by atoms with Gasteiger partial charge in [0.1, 0.15) is 5.82 Å². The molecule has 0 spiro atoms. The Labute approximate surface area is 101 Å². The Bertz CT molecular complexity index is 483. The molecule has 0 aliphatic carbocycles. The van der Waals surface area contributed by atoms with Crippen LogP contribution in [0.5, 0.6) is 0 Å². The molecule has 1 N–H and O–H groups in total. The number of pyridine rings is 1. The molecule has 94 valence electrons. The van der Waals surface area contributed by atoms with Gasteiger partial charge >= 0.3 is 0 Å². The van der Waals surface area contributed by atoms with Gasteiger partial charge in [-0.2, -0.15) is 4.31 Å². The van der Waals surface area contributed by atoms with Crippen molar-refractivity contribution in [1.29, 1.82) is 0 Å². The molecule has 0 radical (unpaired) electrons. The Morgan fingerprint density at radius 2 is 2.12 bits per heavy atom. The zero-order chi connectivity index (χ0) is 12.3. The summed E-state index contributed by atoms with van der Waals surface area (Å²) in [6.07, 6.45) is 1.49.